The van der Waals surface area contributed by atoms with Crippen molar-refractivity contribution < 1.29 is 27.5 Å². The van der Waals surface area contributed by atoms with Crippen molar-refractivity contribution >= 4 is 24.1 Å². The highest BCUT2D eigenvalue weighted by Gasteiger charge is 2.32. The number of pyridine rings is 1. The summed E-state index contributed by atoms with van der Waals surface area (Å²) in [6.07, 6.45) is -1.76. The number of ether oxygens (including phenoxy) is 1. The molecule has 1 aromatic heterocycles. The average Bonchev–Trinajstić information content (AvgIpc) is 3.25. The third kappa shape index (κ3) is 5.54. The zero-order valence-corrected chi connectivity index (χ0v) is 21.6. The SMILES string of the molecule is Cc1cc(C(F)(F)F)cc(CNC(=O)OCC2c3ccccc3-c3ccccc32)c1Sc1ccncc1C=O. The molecule has 0 aliphatic heterocycles. The van der Waals surface area contributed by atoms with E-state index in [1.54, 1.807) is 13.0 Å². The first-order valence-corrected chi connectivity index (χ1v) is 12.9. The van der Waals surface area contributed by atoms with Gasteiger partial charge in [0.05, 0.1) is 5.56 Å². The molecule has 0 saturated heterocycles. The standard InChI is InChI=1S/C30H23F3N2O3S/c1-18-12-21(30(31,32)33)13-19(28(18)39-27-10-11-34-14-20(27)16-36)15-35-29(37)38-17-26-24-8-4-2-6-22(24)23-7-3-5-9-25(23)26/h2-14,16,26H,15,17H2,1H3,(H,35,37). The van der Waals surface area contributed by atoms with E-state index in [1.807, 2.05) is 48.5 Å². The second kappa shape index (κ2) is 10.9. The van der Waals surface area contributed by atoms with E-state index in [2.05, 4.69) is 10.3 Å². The Balaban J connectivity index is 1.34. The summed E-state index contributed by atoms with van der Waals surface area (Å²) in [5.41, 5.74) is 4.42. The maximum absolute atomic E-state index is 13.6. The van der Waals surface area contributed by atoms with Crippen LogP contribution in [0.4, 0.5) is 18.0 Å². The second-order valence-electron chi connectivity index (χ2n) is 9.09. The van der Waals surface area contributed by atoms with E-state index < -0.39 is 17.8 Å². The number of alkyl halides is 3. The summed E-state index contributed by atoms with van der Waals surface area (Å²) in [6.45, 7) is 1.46. The normalized spacial score (nSPS) is 12.5. The number of aldehydes is 1. The number of rotatable bonds is 7. The van der Waals surface area contributed by atoms with Gasteiger partial charge in [-0.05, 0) is 58.5 Å². The summed E-state index contributed by atoms with van der Waals surface area (Å²) in [4.78, 5) is 29.1. The Morgan fingerprint density at radius 2 is 1.72 bits per heavy atom. The molecular weight excluding hydrogens is 525 g/mol. The van der Waals surface area contributed by atoms with Gasteiger partial charge in [0.2, 0.25) is 0 Å². The van der Waals surface area contributed by atoms with Crippen molar-refractivity contribution in [3.63, 3.8) is 0 Å². The molecule has 39 heavy (non-hydrogen) atoms. The second-order valence-corrected chi connectivity index (χ2v) is 10.1. The Kier molecular flexibility index (Phi) is 7.43. The summed E-state index contributed by atoms with van der Waals surface area (Å²) < 4.78 is 46.3. The number of hydrogen-bond acceptors (Lipinski definition) is 5. The van der Waals surface area contributed by atoms with Gasteiger partial charge in [0.1, 0.15) is 6.61 Å². The third-order valence-electron chi connectivity index (χ3n) is 6.59. The minimum atomic E-state index is -4.56. The molecule has 198 valence electrons. The van der Waals surface area contributed by atoms with Crippen molar-refractivity contribution in [2.75, 3.05) is 6.61 Å². The van der Waals surface area contributed by atoms with Gasteiger partial charge >= 0.3 is 12.3 Å². The number of benzene rings is 3. The van der Waals surface area contributed by atoms with Crippen LogP contribution in [-0.4, -0.2) is 24.0 Å². The number of fused-ring (bicyclic) bond motifs is 3. The Bertz CT molecular complexity index is 1510. The van der Waals surface area contributed by atoms with Crippen molar-refractivity contribution in [3.05, 3.63) is 113 Å². The number of aromatic nitrogens is 1. The summed E-state index contributed by atoms with van der Waals surface area (Å²) in [5, 5.41) is 2.61. The van der Waals surface area contributed by atoms with Crippen LogP contribution < -0.4 is 5.32 Å². The van der Waals surface area contributed by atoms with Crippen molar-refractivity contribution in [2.45, 2.75) is 35.4 Å². The zero-order chi connectivity index (χ0) is 27.6. The fourth-order valence-electron chi connectivity index (χ4n) is 4.79. The van der Waals surface area contributed by atoms with E-state index in [-0.39, 0.29) is 24.6 Å². The average molecular weight is 549 g/mol. The number of alkyl carbamates (subject to hydrolysis) is 1. The molecule has 4 aromatic rings. The first-order valence-electron chi connectivity index (χ1n) is 12.1. The fourth-order valence-corrected chi connectivity index (χ4v) is 5.84. The lowest BCUT2D eigenvalue weighted by atomic mass is 9.98. The van der Waals surface area contributed by atoms with Crippen molar-refractivity contribution in [3.8, 4) is 11.1 Å². The molecule has 0 unspecified atom stereocenters. The van der Waals surface area contributed by atoms with Crippen LogP contribution in [0, 0.1) is 6.92 Å². The first-order chi connectivity index (χ1) is 18.8. The van der Waals surface area contributed by atoms with Crippen molar-refractivity contribution in [2.24, 2.45) is 0 Å². The summed E-state index contributed by atoms with van der Waals surface area (Å²) in [7, 11) is 0. The Hall–Kier alpha value is -4.11. The number of carbonyl (C=O) groups excluding carboxylic acids is 2. The zero-order valence-electron chi connectivity index (χ0n) is 20.8. The van der Waals surface area contributed by atoms with Gasteiger partial charge in [0, 0.05) is 40.2 Å². The molecule has 1 aliphatic rings. The Labute approximate surface area is 227 Å². The summed E-state index contributed by atoms with van der Waals surface area (Å²) in [6, 6.07) is 19.5. The fraction of sp³-hybridized carbons (Fsp3) is 0.167. The number of aryl methyl sites for hydroxylation is 1. The first kappa shape index (κ1) is 26.5. The van der Waals surface area contributed by atoms with E-state index in [0.717, 1.165) is 46.1 Å². The van der Waals surface area contributed by atoms with Crippen LogP contribution in [0.3, 0.4) is 0 Å². The molecule has 1 aliphatic carbocycles. The molecule has 0 radical (unpaired) electrons. The van der Waals surface area contributed by atoms with Crippen LogP contribution in [0.15, 0.2) is 88.9 Å². The monoisotopic (exact) mass is 548 g/mol. The lowest BCUT2D eigenvalue weighted by Gasteiger charge is -2.18. The predicted molar refractivity (Wildman–Crippen MR) is 142 cm³/mol. The van der Waals surface area contributed by atoms with Gasteiger partial charge in [0.15, 0.2) is 6.29 Å². The van der Waals surface area contributed by atoms with Gasteiger partial charge in [0.25, 0.3) is 0 Å². The van der Waals surface area contributed by atoms with Gasteiger partial charge in [-0.1, -0.05) is 60.3 Å². The predicted octanol–water partition coefficient (Wildman–Crippen LogP) is 7.41. The highest BCUT2D eigenvalue weighted by Crippen LogP contribution is 2.44. The minimum absolute atomic E-state index is 0.0861. The van der Waals surface area contributed by atoms with Gasteiger partial charge < -0.3 is 10.1 Å². The largest absolute Gasteiger partial charge is 0.449 e. The van der Waals surface area contributed by atoms with E-state index in [4.69, 9.17) is 4.74 Å². The maximum Gasteiger partial charge on any atom is 0.416 e. The van der Waals surface area contributed by atoms with Crippen LogP contribution in [0.1, 0.15) is 44.1 Å². The summed E-state index contributed by atoms with van der Waals surface area (Å²) >= 11 is 1.15. The molecule has 1 heterocycles. The molecule has 3 aromatic carbocycles. The smallest absolute Gasteiger partial charge is 0.416 e. The van der Waals surface area contributed by atoms with E-state index in [1.165, 1.54) is 12.4 Å². The van der Waals surface area contributed by atoms with E-state index in [0.29, 0.717) is 27.2 Å². The quantitative estimate of drug-likeness (QED) is 0.244. The van der Waals surface area contributed by atoms with Crippen LogP contribution in [0.5, 0.6) is 0 Å². The Morgan fingerprint density at radius 1 is 1.05 bits per heavy atom. The number of nitrogens with zero attached hydrogens (tertiary/aromatic N) is 1. The molecular formula is C30H23F3N2O3S. The van der Waals surface area contributed by atoms with Gasteiger partial charge in [-0.25, -0.2) is 4.79 Å². The van der Waals surface area contributed by atoms with E-state index in [9.17, 15) is 22.8 Å². The van der Waals surface area contributed by atoms with Crippen molar-refractivity contribution in [1.29, 1.82) is 0 Å². The third-order valence-corrected chi connectivity index (χ3v) is 7.97. The molecule has 0 bridgehead atoms. The number of carbonyl (C=O) groups is 2. The number of halogens is 3. The topological polar surface area (TPSA) is 68.3 Å². The lowest BCUT2D eigenvalue weighted by Crippen LogP contribution is -2.26. The molecule has 0 saturated carbocycles. The number of hydrogen-bond donors (Lipinski definition) is 1. The Morgan fingerprint density at radius 3 is 2.36 bits per heavy atom. The molecule has 1 N–H and O–H groups in total. The van der Waals surface area contributed by atoms with E-state index >= 15 is 0 Å². The highest BCUT2D eigenvalue weighted by atomic mass is 32.2. The number of amides is 1. The van der Waals surface area contributed by atoms with Crippen LogP contribution in [0.25, 0.3) is 11.1 Å². The molecule has 0 spiro atoms. The van der Waals surface area contributed by atoms with Gasteiger partial charge in [-0.15, -0.1) is 0 Å². The minimum Gasteiger partial charge on any atom is -0.449 e. The molecule has 1 amide bonds. The van der Waals surface area contributed by atoms with Crippen LogP contribution in [0.2, 0.25) is 0 Å². The van der Waals surface area contributed by atoms with Crippen LogP contribution in [-0.2, 0) is 17.5 Å². The summed E-state index contributed by atoms with van der Waals surface area (Å²) in [5.74, 6) is -0.140. The molecule has 5 rings (SSSR count). The molecule has 0 atom stereocenters. The number of nitrogens with one attached hydrogen (secondary N) is 1. The maximum atomic E-state index is 13.6. The van der Waals surface area contributed by atoms with Gasteiger partial charge in [-0.2, -0.15) is 13.2 Å². The van der Waals surface area contributed by atoms with Crippen molar-refractivity contribution in [1.82, 2.24) is 10.3 Å². The molecule has 5 nitrogen and oxygen atoms in total. The van der Waals surface area contributed by atoms with Gasteiger partial charge in [-0.3, -0.25) is 9.78 Å². The van der Waals surface area contributed by atoms with Crippen LogP contribution >= 0.6 is 11.8 Å². The molecule has 9 heteroatoms. The highest BCUT2D eigenvalue weighted by molar-refractivity contribution is 7.99. The lowest BCUT2D eigenvalue weighted by molar-refractivity contribution is -0.137. The molecule has 0 fully saturated rings.